The number of carboxylic acid groups (broad SMARTS) is 2. The molecule has 1 aromatic carbocycles. The Morgan fingerprint density at radius 2 is 0.828 bits per heavy atom. The van der Waals surface area contributed by atoms with Gasteiger partial charge in [-0.05, 0) is 126 Å². The van der Waals surface area contributed by atoms with Crippen molar-refractivity contribution in [3.63, 3.8) is 0 Å². The highest BCUT2D eigenvalue weighted by Gasteiger charge is 2.49. The second-order valence-electron chi connectivity index (χ2n) is 32.3. The maximum absolute atomic E-state index is 14.8. The molecule has 5 heterocycles. The molecule has 5 aliphatic rings. The number of aliphatic hydroxyl groups excluding tert-OH is 4. The lowest BCUT2D eigenvalue weighted by atomic mass is 9.96. The summed E-state index contributed by atoms with van der Waals surface area (Å²) >= 11 is 0. The molecule has 1 aromatic rings. The van der Waals surface area contributed by atoms with Crippen LogP contribution >= 0.6 is 0 Å². The molecule has 22 N–H and O–H groups in total. The van der Waals surface area contributed by atoms with E-state index >= 15 is 0 Å². The van der Waals surface area contributed by atoms with Gasteiger partial charge in [-0.2, -0.15) is 0 Å². The number of nitrogens with two attached hydrogens (primary N) is 2. The van der Waals surface area contributed by atoms with Crippen LogP contribution in [0.25, 0.3) is 0 Å². The Labute approximate surface area is 704 Å². The Morgan fingerprint density at radius 3 is 1.33 bits per heavy atom. The number of carboxylic acids is 2. The minimum Gasteiger partial charge on any atom is -0.508 e. The fourth-order valence-electron chi connectivity index (χ4n) is 15.4. The minimum absolute atomic E-state index is 0.000437. The number of amides is 17. The molecule has 122 heavy (non-hydrogen) atoms. The third-order valence-electron chi connectivity index (χ3n) is 22.0. The van der Waals surface area contributed by atoms with Crippen LogP contribution in [0.3, 0.4) is 0 Å². The third-order valence-corrected chi connectivity index (χ3v) is 22.0. The number of benzene rings is 1. The Morgan fingerprint density at radius 1 is 0.426 bits per heavy atom. The number of rotatable bonds is 44. The first kappa shape index (κ1) is 99.6. The van der Waals surface area contributed by atoms with Crippen molar-refractivity contribution in [2.45, 2.75) is 261 Å². The lowest BCUT2D eigenvalue weighted by Gasteiger charge is -2.35. The number of aliphatic carboxylic acids is 2. The lowest BCUT2D eigenvalue weighted by molar-refractivity contribution is -0.152. The van der Waals surface area contributed by atoms with Gasteiger partial charge in [0.15, 0.2) is 0 Å². The first-order chi connectivity index (χ1) is 57.5. The van der Waals surface area contributed by atoms with E-state index in [1.807, 2.05) is 0 Å². The van der Waals surface area contributed by atoms with Crippen molar-refractivity contribution in [2.24, 2.45) is 29.2 Å². The summed E-state index contributed by atoms with van der Waals surface area (Å²) in [7, 11) is 0. The molecule has 18 atom stereocenters. The third kappa shape index (κ3) is 27.6. The number of primary amides is 1. The highest BCUT2D eigenvalue weighted by Crippen LogP contribution is 2.31. The monoisotopic (exact) mass is 1720 g/mol. The van der Waals surface area contributed by atoms with Gasteiger partial charge in [-0.3, -0.25) is 86.3 Å². The molecule has 0 radical (unpaired) electrons. The molecule has 678 valence electrons. The Bertz CT molecular complexity index is 3960. The summed E-state index contributed by atoms with van der Waals surface area (Å²) in [6.45, 7) is 9.56. The number of carbonyl (C=O) groups is 19. The van der Waals surface area contributed by atoms with Gasteiger partial charge in [0.05, 0.1) is 51.4 Å². The standard InChI is InChI=1S/C78H120N18O26/c1-9-40(6)61(90-71(114)54-17-11-24-92(54)73(116)48(29-38(2)3)86-72(115)62(41(7)99)91-68(111)50(36-97)82-58(103)34-79)76(119)94-26-10-15-52(94)69(112)81-35-59(104)89-63(42(8)100)77(120)96-28-14-19-56(96)75(118)95-27-13-18-55(95)74(117)93-25-12-16-53(93)70(113)85-46(32-57(80)102)65(108)83-45(31-43-20-22-44(101)23-21-43)64(107)84-47(33-60(105)106)66(109)88-51(37-98)67(110)87-49(78(121)122)30-39(4)5/h20-23,38-42,45-56,61-63,97-101H,9-19,24-37,79H2,1-8H3,(H2,80,102)(H,81,112)(H,82,103)(H,83,108)(H,84,107)(H,85,113)(H,86,115)(H,87,110)(H,88,109)(H,89,104)(H,90,114)(H,91,111)(H,105,106)(H,121,122)/t40-,41+,42+,45-,46-,47-,48-,49-,50-,51-,52-,53-,54-,55-,56-,61-,62-,63-/m0/s1. The number of carbonyl (C=O) groups excluding carboxylic acids is 17. The van der Waals surface area contributed by atoms with E-state index < -0.39 is 267 Å². The molecule has 5 aliphatic heterocycles. The Balaban J connectivity index is 1.08. The van der Waals surface area contributed by atoms with Crippen LogP contribution in [-0.4, -0.2) is 334 Å². The summed E-state index contributed by atoms with van der Waals surface area (Å²) in [5.74, 6) is -20.2. The van der Waals surface area contributed by atoms with Gasteiger partial charge in [-0.15, -0.1) is 0 Å². The molecule has 0 spiro atoms. The molecule has 0 aromatic heterocycles. The number of aromatic hydroxyl groups is 1. The molecule has 5 fully saturated rings. The van der Waals surface area contributed by atoms with Gasteiger partial charge >= 0.3 is 11.9 Å². The van der Waals surface area contributed by atoms with Crippen LogP contribution in [0.4, 0.5) is 0 Å². The smallest absolute Gasteiger partial charge is 0.326 e. The number of nitrogens with zero attached hydrogens (tertiary/aromatic N) is 5. The molecule has 0 bridgehead atoms. The predicted octanol–water partition coefficient (Wildman–Crippen LogP) is -7.87. The zero-order valence-electron chi connectivity index (χ0n) is 69.8. The van der Waals surface area contributed by atoms with Crippen LogP contribution in [0.2, 0.25) is 0 Å². The van der Waals surface area contributed by atoms with Gasteiger partial charge in [0.1, 0.15) is 96.4 Å². The average molecular weight is 1730 g/mol. The molecule has 17 amide bonds. The number of hydrogen-bond acceptors (Lipinski definition) is 25. The van der Waals surface area contributed by atoms with Gasteiger partial charge in [-0.25, -0.2) is 4.79 Å². The molecule has 5 saturated heterocycles. The van der Waals surface area contributed by atoms with Crippen LogP contribution in [-0.2, 0) is 97.5 Å². The number of phenolic OH excluding ortho intramolecular Hbond substituents is 1. The fourth-order valence-corrected chi connectivity index (χ4v) is 15.4. The summed E-state index contributed by atoms with van der Waals surface area (Å²) in [4.78, 5) is 267. The van der Waals surface area contributed by atoms with Gasteiger partial charge in [-0.1, -0.05) is 60.1 Å². The molecule has 0 aliphatic carbocycles. The van der Waals surface area contributed by atoms with Crippen molar-refractivity contribution in [1.29, 1.82) is 0 Å². The Kier molecular flexibility index (Phi) is 38.1. The van der Waals surface area contributed by atoms with Gasteiger partial charge in [0.25, 0.3) is 0 Å². The zero-order chi connectivity index (χ0) is 90.8. The van der Waals surface area contributed by atoms with Crippen LogP contribution < -0.4 is 70.0 Å². The molecular formula is C78H120N18O26. The summed E-state index contributed by atoms with van der Waals surface area (Å²) < 4.78 is 0. The molecular weight excluding hydrogens is 1600 g/mol. The van der Waals surface area contributed by atoms with E-state index in [2.05, 4.69) is 58.5 Å². The number of nitrogens with one attached hydrogen (secondary N) is 11. The summed E-state index contributed by atoms with van der Waals surface area (Å²) in [5.41, 5.74) is 11.2. The normalized spacial score (nSPS) is 20.8. The van der Waals surface area contributed by atoms with Crippen LogP contribution in [0.1, 0.15) is 157 Å². The SMILES string of the molecule is CC[C@H](C)[C@H](NC(=O)[C@@H]1CCCN1C(=O)[C@H](CC(C)C)NC(=O)[C@@H](NC(=O)[C@H](CO)NC(=O)CN)[C@@H](C)O)C(=O)N1CCC[C@H]1C(=O)NCC(=O)N[C@H](C(=O)N1CCC[C@H]1C(=O)N1CCC[C@H]1C(=O)N1CCC[C@H]1C(=O)N[C@@H](CC(N)=O)C(=O)N[C@@H](Cc1ccc(O)cc1)C(=O)N[C@@H](CC(=O)O)C(=O)N[C@@H](CO)C(=O)N[C@@H](CC(C)C)C(=O)O)[C@@H](C)O. The topological polar surface area (TPSA) is 667 Å². The number of likely N-dealkylation sites (tertiary alicyclic amines) is 5. The van der Waals surface area contributed by atoms with E-state index in [9.17, 15) is 127 Å². The summed E-state index contributed by atoms with van der Waals surface area (Å²) in [5, 5.41) is 97.2. The molecule has 6 rings (SSSR count). The van der Waals surface area contributed by atoms with Crippen LogP contribution in [0.15, 0.2) is 24.3 Å². The van der Waals surface area contributed by atoms with Gasteiger partial charge < -0.3 is 130 Å². The Hall–Kier alpha value is -11.2. The largest absolute Gasteiger partial charge is 0.508 e. The van der Waals surface area contributed by atoms with Gasteiger partial charge in [0.2, 0.25) is 100 Å². The van der Waals surface area contributed by atoms with Crippen molar-refractivity contribution in [3.8, 4) is 5.75 Å². The molecule has 0 saturated carbocycles. The lowest BCUT2D eigenvalue weighted by Crippen LogP contribution is -2.62. The van der Waals surface area contributed by atoms with E-state index in [0.717, 1.165) is 4.90 Å². The second kappa shape index (κ2) is 46.7. The van der Waals surface area contributed by atoms with E-state index in [1.54, 1.807) is 41.5 Å². The van der Waals surface area contributed by atoms with Crippen LogP contribution in [0, 0.1) is 17.8 Å². The maximum atomic E-state index is 14.8. The quantitative estimate of drug-likeness (QED) is 0.0289. The molecule has 44 heteroatoms. The second-order valence-corrected chi connectivity index (χ2v) is 32.3. The first-order valence-corrected chi connectivity index (χ1v) is 41.2. The van der Waals surface area contributed by atoms with Crippen LogP contribution in [0.5, 0.6) is 5.75 Å². The minimum atomic E-state index is -2.04. The van der Waals surface area contributed by atoms with E-state index in [1.165, 1.54) is 57.7 Å². The summed E-state index contributed by atoms with van der Waals surface area (Å²) in [6.07, 6.45) is -3.42. The average Bonchev–Trinajstić information content (AvgIpc) is 1.63. The van der Waals surface area contributed by atoms with Crippen molar-refractivity contribution in [3.05, 3.63) is 29.8 Å². The number of hydrogen-bond donors (Lipinski definition) is 20. The molecule has 0 unspecified atom stereocenters. The number of aliphatic hydroxyl groups is 4. The fraction of sp³-hybridized carbons (Fsp3) is 0.679. The van der Waals surface area contributed by atoms with E-state index in [-0.39, 0.29) is 120 Å². The van der Waals surface area contributed by atoms with Crippen molar-refractivity contribution in [1.82, 2.24) is 83.0 Å². The predicted molar refractivity (Wildman–Crippen MR) is 426 cm³/mol. The van der Waals surface area contributed by atoms with Gasteiger partial charge in [0, 0.05) is 39.1 Å². The maximum Gasteiger partial charge on any atom is 0.326 e. The highest BCUT2D eigenvalue weighted by molar-refractivity contribution is 6.02. The first-order valence-electron chi connectivity index (χ1n) is 41.2. The highest BCUT2D eigenvalue weighted by atomic mass is 16.4. The van der Waals surface area contributed by atoms with Crippen molar-refractivity contribution < 1.29 is 127 Å². The van der Waals surface area contributed by atoms with Crippen molar-refractivity contribution >= 4 is 112 Å². The van der Waals surface area contributed by atoms with E-state index in [0.29, 0.717) is 19.3 Å². The van der Waals surface area contributed by atoms with Crippen molar-refractivity contribution in [2.75, 3.05) is 59.0 Å². The zero-order valence-corrected chi connectivity index (χ0v) is 69.8. The molecule has 44 nitrogen and oxygen atoms in total. The van der Waals surface area contributed by atoms with E-state index in [4.69, 9.17) is 11.5 Å². The number of phenols is 1. The summed E-state index contributed by atoms with van der Waals surface area (Å²) in [6, 6.07) is -17.4.